The maximum atomic E-state index is 15.4. The molecule has 23 nitrogen and oxygen atoms in total. The summed E-state index contributed by atoms with van der Waals surface area (Å²) in [4.78, 5) is 130. The van der Waals surface area contributed by atoms with E-state index in [-0.39, 0.29) is 68.8 Å². The number of ether oxygens (including phenoxy) is 1. The molecule has 2 saturated heterocycles. The Balaban J connectivity index is 1.69. The normalized spacial score (nSPS) is 23.9. The number of phenols is 1. The lowest BCUT2D eigenvalue weighted by Gasteiger charge is -2.33. The van der Waals surface area contributed by atoms with Crippen molar-refractivity contribution < 1.29 is 58.2 Å². The number of nitro benzene ring substituents is 1. The van der Waals surface area contributed by atoms with Crippen LogP contribution in [0, 0.1) is 27.9 Å². The van der Waals surface area contributed by atoms with Crippen LogP contribution in [0.1, 0.15) is 99.1 Å². The van der Waals surface area contributed by atoms with Gasteiger partial charge in [0.2, 0.25) is 47.3 Å². The number of epoxide rings is 1. The van der Waals surface area contributed by atoms with E-state index in [1.807, 2.05) is 72.0 Å². The number of likely N-dealkylation sites (N-methyl/N-ethyl adjacent to an activating group) is 2. The van der Waals surface area contributed by atoms with Crippen molar-refractivity contribution in [1.29, 1.82) is 0 Å². The van der Waals surface area contributed by atoms with Crippen LogP contribution in [0.4, 0.5) is 5.69 Å². The molecule has 3 heterocycles. The molecule has 0 radical (unpaired) electrons. The van der Waals surface area contributed by atoms with Crippen LogP contribution in [0.25, 0.3) is 10.9 Å². The minimum absolute atomic E-state index is 0.0401. The first-order valence-electron chi connectivity index (χ1n) is 26.9. The summed E-state index contributed by atoms with van der Waals surface area (Å²) in [6.45, 7) is 16.0. The molecule has 3 aromatic rings. The Kier molecular flexibility index (Phi) is 21.7. The van der Waals surface area contributed by atoms with E-state index >= 15 is 4.79 Å². The van der Waals surface area contributed by atoms with E-state index in [2.05, 4.69) is 36.5 Å². The largest absolute Gasteiger partial charge is 0.502 e. The molecule has 9 atom stereocenters. The number of allylic oxidation sites excluding steroid dienone is 1. The van der Waals surface area contributed by atoms with E-state index in [0.29, 0.717) is 12.2 Å². The van der Waals surface area contributed by atoms with Crippen molar-refractivity contribution in [2.75, 3.05) is 33.9 Å². The Morgan fingerprint density at radius 2 is 1.37 bits per heavy atom. The van der Waals surface area contributed by atoms with Gasteiger partial charge in [0.05, 0.1) is 23.7 Å². The number of carbonyl (C=O) groups excluding carboxylic acids is 8. The van der Waals surface area contributed by atoms with E-state index in [1.54, 1.807) is 19.1 Å². The monoisotopic (exact) mass is 1100 g/mol. The highest BCUT2D eigenvalue weighted by Gasteiger charge is 2.43. The Morgan fingerprint density at radius 3 is 1.97 bits per heavy atom. The molecular weight excluding hydrogens is 1020 g/mol. The Bertz CT molecular complexity index is 2750. The fourth-order valence-electron chi connectivity index (χ4n) is 9.85. The molecule has 8 amide bonds. The van der Waals surface area contributed by atoms with Gasteiger partial charge in [0.15, 0.2) is 5.75 Å². The number of aromatic nitrogens is 1. The van der Waals surface area contributed by atoms with Gasteiger partial charge in [0.1, 0.15) is 48.4 Å². The second kappa shape index (κ2) is 27.5. The zero-order valence-corrected chi connectivity index (χ0v) is 47.2. The van der Waals surface area contributed by atoms with Gasteiger partial charge < -0.3 is 61.2 Å². The molecule has 0 spiro atoms. The van der Waals surface area contributed by atoms with Crippen molar-refractivity contribution in [3.05, 3.63) is 82.1 Å². The van der Waals surface area contributed by atoms with Crippen LogP contribution < -0.4 is 31.9 Å². The molecule has 79 heavy (non-hydrogen) atoms. The Hall–Kier alpha value is -7.40. The molecule has 8 N–H and O–H groups in total. The molecule has 0 aliphatic carbocycles. The zero-order valence-electron chi connectivity index (χ0n) is 47.2. The third kappa shape index (κ3) is 16.1. The molecule has 23 heteroatoms. The van der Waals surface area contributed by atoms with Gasteiger partial charge >= 0.3 is 5.69 Å². The lowest BCUT2D eigenvalue weighted by molar-refractivity contribution is -0.385. The van der Waals surface area contributed by atoms with Gasteiger partial charge in [-0.3, -0.25) is 48.5 Å². The van der Waals surface area contributed by atoms with Gasteiger partial charge in [0, 0.05) is 62.6 Å². The molecule has 2 aliphatic heterocycles. The standard InChI is InChI=1S/C56H80N10O13/c1-12-13-17-38-49(70)62-41(28-36-29-65(56(8,9)47-30-79-47)42-18-15-14-16-37(36)42)55(76)64(11)44(24-32(4)5)52(73)61-40(26-35-19-20-46(68)43(27-35)66(77)78)50(71)58-34(7)54(75)63(10)45(25-33(6)48(69)57-21-22-67)53(74)60-39(23-31(2)3)51(72)59-38/h12-16,18-20,27,29,31-34,38-41,44-45,47,67-68H,17,21-26,28,30H2,1-11H3,(H,57,69)(H,58,71)(H,59,72)(H,60,74)(H,61,73)(H,62,70)/b13-12+/t33?,34-,38-,39-,40-,41-,44-,45-,47?/m0/s1. The average molecular weight is 1100 g/mol. The number of phenolic OH excluding ortho intramolecular Hbond substituents is 1. The zero-order chi connectivity index (χ0) is 58.6. The van der Waals surface area contributed by atoms with Crippen LogP contribution in [-0.4, -0.2) is 159 Å². The highest BCUT2D eigenvalue weighted by atomic mass is 16.6. The van der Waals surface area contributed by atoms with Gasteiger partial charge in [-0.25, -0.2) is 0 Å². The number of para-hydroxylation sites is 1. The molecule has 0 bridgehead atoms. The summed E-state index contributed by atoms with van der Waals surface area (Å²) in [6, 6.07) is 1.22. The lowest BCUT2D eigenvalue weighted by Crippen LogP contribution is -2.60. The summed E-state index contributed by atoms with van der Waals surface area (Å²) in [5.74, 6) is -8.28. The van der Waals surface area contributed by atoms with Crippen LogP contribution >= 0.6 is 0 Å². The van der Waals surface area contributed by atoms with Crippen molar-refractivity contribution in [2.24, 2.45) is 17.8 Å². The van der Waals surface area contributed by atoms with Crippen LogP contribution in [0.2, 0.25) is 0 Å². The molecule has 2 aromatic carbocycles. The smallest absolute Gasteiger partial charge is 0.310 e. The predicted molar refractivity (Wildman–Crippen MR) is 294 cm³/mol. The number of fused-ring (bicyclic) bond motifs is 1. The fourth-order valence-corrected chi connectivity index (χ4v) is 9.85. The number of aliphatic hydroxyl groups is 1. The number of amides is 8. The van der Waals surface area contributed by atoms with E-state index in [9.17, 15) is 53.9 Å². The van der Waals surface area contributed by atoms with Crippen molar-refractivity contribution in [3.63, 3.8) is 0 Å². The third-order valence-corrected chi connectivity index (χ3v) is 14.6. The highest BCUT2D eigenvalue weighted by Crippen LogP contribution is 2.36. The Morgan fingerprint density at radius 1 is 0.797 bits per heavy atom. The van der Waals surface area contributed by atoms with Gasteiger partial charge in [0.25, 0.3) is 0 Å². The average Bonchev–Trinajstić information content (AvgIpc) is 4.35. The van der Waals surface area contributed by atoms with Gasteiger partial charge in [-0.2, -0.15) is 0 Å². The number of aliphatic hydroxyl groups excluding tert-OH is 1. The number of hydrogen-bond acceptors (Lipinski definition) is 13. The molecular formula is C56H80N10O13. The number of benzene rings is 2. The number of nitrogens with one attached hydrogen (secondary N) is 6. The summed E-state index contributed by atoms with van der Waals surface area (Å²) in [5.41, 5.74) is 0.441. The van der Waals surface area contributed by atoms with Crippen LogP contribution in [0.5, 0.6) is 5.75 Å². The third-order valence-electron chi connectivity index (χ3n) is 14.6. The van der Waals surface area contributed by atoms with E-state index in [0.717, 1.165) is 27.9 Å². The van der Waals surface area contributed by atoms with Crippen LogP contribution in [0.15, 0.2) is 60.8 Å². The molecule has 1 aromatic heterocycles. The number of hydrogen-bond donors (Lipinski definition) is 8. The van der Waals surface area contributed by atoms with Gasteiger partial charge in [-0.1, -0.05) is 71.0 Å². The minimum atomic E-state index is -1.58. The number of nitrogens with zero attached hydrogens (tertiary/aromatic N) is 4. The number of nitro groups is 1. The van der Waals surface area contributed by atoms with Gasteiger partial charge in [-0.05, 0) is 88.5 Å². The van der Waals surface area contributed by atoms with Crippen molar-refractivity contribution in [1.82, 2.24) is 46.3 Å². The topological polar surface area (TPSA) is 316 Å². The molecule has 5 rings (SSSR count). The fraction of sp³-hybridized carbons (Fsp3) is 0.571. The van der Waals surface area contributed by atoms with E-state index in [1.165, 1.54) is 38.9 Å². The van der Waals surface area contributed by atoms with E-state index in [4.69, 9.17) is 4.74 Å². The van der Waals surface area contributed by atoms with Crippen LogP contribution in [-0.2, 0) is 61.5 Å². The van der Waals surface area contributed by atoms with Crippen LogP contribution in [0.3, 0.4) is 0 Å². The van der Waals surface area contributed by atoms with Crippen molar-refractivity contribution >= 4 is 63.8 Å². The molecule has 2 unspecified atom stereocenters. The highest BCUT2D eigenvalue weighted by molar-refractivity contribution is 5.99. The predicted octanol–water partition coefficient (Wildman–Crippen LogP) is 2.48. The first-order chi connectivity index (χ1) is 37.2. The first kappa shape index (κ1) is 62.4. The Labute approximate surface area is 461 Å². The summed E-state index contributed by atoms with van der Waals surface area (Å²) < 4.78 is 7.82. The number of aromatic hydroxyl groups is 1. The summed E-state index contributed by atoms with van der Waals surface area (Å²) in [5, 5.41) is 48.8. The molecule has 2 fully saturated rings. The minimum Gasteiger partial charge on any atom is -0.502 e. The first-order valence-corrected chi connectivity index (χ1v) is 26.9. The number of rotatable bonds is 18. The maximum Gasteiger partial charge on any atom is 0.310 e. The molecule has 432 valence electrons. The second-order valence-corrected chi connectivity index (χ2v) is 22.1. The summed E-state index contributed by atoms with van der Waals surface area (Å²) in [6.07, 6.45) is 4.41. The van der Waals surface area contributed by atoms with Crippen molar-refractivity contribution in [2.45, 2.75) is 155 Å². The second-order valence-electron chi connectivity index (χ2n) is 22.1. The van der Waals surface area contributed by atoms with Crippen molar-refractivity contribution in [3.8, 4) is 5.75 Å². The SMILES string of the molecule is C/C=C/C[C@@H]1NC(=O)[C@H](CC(C)C)NC(=O)[C@H](CC(C)C(=O)NCCO)N(C)C(=O)[C@H](C)NC(=O)[C@H](Cc2ccc(O)c([N+](=O)[O-])c2)NC(=O)[C@H](CC(C)C)N(C)C(=O)[C@H](Cc2cn(C(C)(C)C3CO3)c3ccccc23)NC1=O. The van der Waals surface area contributed by atoms with Gasteiger partial charge in [-0.15, -0.1) is 0 Å². The molecule has 2 aliphatic rings. The van der Waals surface area contributed by atoms with E-state index < -0.39 is 124 Å². The quantitative estimate of drug-likeness (QED) is 0.0394. The lowest BCUT2D eigenvalue weighted by atomic mass is 9.97. The summed E-state index contributed by atoms with van der Waals surface area (Å²) in [7, 11) is 2.69. The number of carbonyl (C=O) groups is 8. The summed E-state index contributed by atoms with van der Waals surface area (Å²) >= 11 is 0. The molecule has 0 saturated carbocycles. The maximum absolute atomic E-state index is 15.4.